The van der Waals surface area contributed by atoms with Gasteiger partial charge < -0.3 is 14.2 Å². The summed E-state index contributed by atoms with van der Waals surface area (Å²) in [5.41, 5.74) is 11.3. The minimum Gasteiger partial charge on any atom is -0.456 e. The molecule has 0 aliphatic rings. The Bertz CT molecular complexity index is 1910. The average molecular weight is 679 g/mol. The second-order valence-corrected chi connectivity index (χ2v) is 17.6. The molecule has 2 unspecified atom stereocenters. The van der Waals surface area contributed by atoms with E-state index < -0.39 is 10.4 Å². The first-order valence-electron chi connectivity index (χ1n) is 17.0. The molecule has 0 saturated carbocycles. The maximum atomic E-state index is 7.53. The van der Waals surface area contributed by atoms with Gasteiger partial charge in [0.2, 0.25) is 0 Å². The third kappa shape index (κ3) is 7.20. The Kier molecular flexibility index (Phi) is 9.80. The maximum Gasteiger partial charge on any atom is 0.138 e. The summed E-state index contributed by atoms with van der Waals surface area (Å²) in [6.07, 6.45) is 0. The number of ether oxygens (including phenoxy) is 3. The van der Waals surface area contributed by atoms with Gasteiger partial charge in [0.25, 0.3) is 0 Å². The molecule has 6 aromatic carbocycles. The van der Waals surface area contributed by atoms with E-state index in [1.54, 1.807) is 0 Å². The largest absolute Gasteiger partial charge is 0.456 e. The summed E-state index contributed by atoms with van der Waals surface area (Å²) in [7, 11) is 1.48. The normalized spacial score (nSPS) is 13.8. The fourth-order valence-corrected chi connectivity index (χ4v) is 8.94. The van der Waals surface area contributed by atoms with Crippen LogP contribution < -0.4 is 9.47 Å². The predicted octanol–water partition coefficient (Wildman–Crippen LogP) is 9.63. The number of hydrogen-bond acceptors (Lipinski definition) is 3. The fourth-order valence-electron chi connectivity index (χ4n) is 6.72. The lowest BCUT2D eigenvalue weighted by Crippen LogP contribution is -2.39. The van der Waals surface area contributed by atoms with Crippen LogP contribution in [0.1, 0.15) is 47.2 Å². The van der Waals surface area contributed by atoms with Gasteiger partial charge >= 0.3 is 0 Å². The standard InChI is InChI=1S/C44H46O3Si2/c1-29-27-37(39(33-19-11-7-12-20-33)41(31(29)3)45-35-23-15-9-16-24-35)43(5,48)47-44(6,49)38-28-30(2)32(4)42(46-36-25-17-10-18-26-36)40(38)34-21-13-8-14-22-34/h7-28H,1-6,48-49H3. The zero-order valence-electron chi connectivity index (χ0n) is 29.9. The van der Waals surface area contributed by atoms with E-state index in [0.29, 0.717) is 0 Å². The Hall–Kier alpha value is -4.69. The molecule has 0 heterocycles. The van der Waals surface area contributed by atoms with E-state index in [1.165, 1.54) is 11.1 Å². The Morgan fingerprint density at radius 2 is 0.755 bits per heavy atom. The van der Waals surface area contributed by atoms with Crippen molar-refractivity contribution in [2.45, 2.75) is 52.0 Å². The molecule has 0 fully saturated rings. The molecule has 2 atom stereocenters. The summed E-state index contributed by atoms with van der Waals surface area (Å²) in [5.74, 6) is 3.39. The van der Waals surface area contributed by atoms with Gasteiger partial charge in [-0.05, 0) is 110 Å². The highest BCUT2D eigenvalue weighted by Crippen LogP contribution is 2.49. The van der Waals surface area contributed by atoms with Crippen molar-refractivity contribution in [1.29, 1.82) is 0 Å². The number of benzene rings is 6. The number of para-hydroxylation sites is 2. The Morgan fingerprint density at radius 1 is 0.449 bits per heavy atom. The molecule has 5 heteroatoms. The Morgan fingerprint density at radius 3 is 1.08 bits per heavy atom. The SMILES string of the molecule is Cc1cc(C(C)([SiH3])OC(C)([SiH3])c2cc(C)c(C)c(Oc3ccccc3)c2-c2ccccc2)c(-c2ccccc2)c(Oc2ccccc2)c1C. The molecule has 3 nitrogen and oxygen atoms in total. The van der Waals surface area contributed by atoms with E-state index in [0.717, 1.165) is 88.0 Å². The van der Waals surface area contributed by atoms with E-state index in [1.807, 2.05) is 60.7 Å². The molecule has 6 rings (SSSR count). The first-order chi connectivity index (χ1) is 23.5. The summed E-state index contributed by atoms with van der Waals surface area (Å²) < 4.78 is 21.0. The number of hydrogen-bond donors (Lipinski definition) is 0. The van der Waals surface area contributed by atoms with Crippen LogP contribution in [0.5, 0.6) is 23.0 Å². The molecule has 0 bridgehead atoms. The van der Waals surface area contributed by atoms with Crippen molar-refractivity contribution in [3.8, 4) is 45.3 Å². The lowest BCUT2D eigenvalue weighted by molar-refractivity contribution is -0.0550. The molecule has 6 aromatic rings. The van der Waals surface area contributed by atoms with Gasteiger partial charge in [0.05, 0.1) is 10.4 Å². The van der Waals surface area contributed by atoms with Crippen molar-refractivity contribution in [3.05, 3.63) is 167 Å². The summed E-state index contributed by atoms with van der Waals surface area (Å²) in [4.78, 5) is 0. The van der Waals surface area contributed by atoms with Crippen LogP contribution in [0.4, 0.5) is 0 Å². The third-order valence-electron chi connectivity index (χ3n) is 9.44. The Labute approximate surface area is 297 Å². The molecule has 0 aliphatic carbocycles. The number of aryl methyl sites for hydroxylation is 2. The van der Waals surface area contributed by atoms with Crippen molar-refractivity contribution in [3.63, 3.8) is 0 Å². The molecular weight excluding hydrogens is 633 g/mol. The summed E-state index contributed by atoms with van der Waals surface area (Å²) in [5, 5.41) is -1.13. The second-order valence-electron chi connectivity index (χ2n) is 13.8. The molecular formula is C44H46O3Si2. The van der Waals surface area contributed by atoms with Crippen LogP contribution in [0.25, 0.3) is 22.3 Å². The molecule has 0 aromatic heterocycles. The van der Waals surface area contributed by atoms with Crippen molar-refractivity contribution in [1.82, 2.24) is 0 Å². The van der Waals surface area contributed by atoms with Crippen LogP contribution in [0.15, 0.2) is 133 Å². The first kappa shape index (κ1) is 34.2. The van der Waals surface area contributed by atoms with Crippen molar-refractivity contribution >= 4 is 20.5 Å². The first-order valence-corrected chi connectivity index (χ1v) is 19.0. The van der Waals surface area contributed by atoms with Crippen LogP contribution >= 0.6 is 0 Å². The fraction of sp³-hybridized carbons (Fsp3) is 0.182. The second kappa shape index (κ2) is 14.0. The third-order valence-corrected chi connectivity index (χ3v) is 10.9. The van der Waals surface area contributed by atoms with Gasteiger partial charge in [-0.25, -0.2) is 0 Å². The van der Waals surface area contributed by atoms with E-state index in [2.05, 4.69) is 114 Å². The number of rotatable bonds is 10. The maximum absolute atomic E-state index is 7.53. The van der Waals surface area contributed by atoms with Crippen LogP contribution in [-0.4, -0.2) is 20.5 Å². The zero-order valence-corrected chi connectivity index (χ0v) is 33.9. The molecule has 49 heavy (non-hydrogen) atoms. The molecule has 0 aliphatic heterocycles. The smallest absolute Gasteiger partial charge is 0.138 e. The summed E-state index contributed by atoms with van der Waals surface area (Å²) in [6, 6.07) is 46.0. The van der Waals surface area contributed by atoms with E-state index in [-0.39, 0.29) is 0 Å². The van der Waals surface area contributed by atoms with Gasteiger partial charge in [-0.3, -0.25) is 0 Å². The summed E-state index contributed by atoms with van der Waals surface area (Å²) >= 11 is 0. The zero-order chi connectivity index (χ0) is 34.8. The van der Waals surface area contributed by atoms with E-state index in [9.17, 15) is 0 Å². The molecule has 0 spiro atoms. The van der Waals surface area contributed by atoms with Gasteiger partial charge in [-0.1, -0.05) is 109 Å². The average Bonchev–Trinajstić information content (AvgIpc) is 3.10. The molecule has 0 N–H and O–H groups in total. The highest BCUT2D eigenvalue weighted by atomic mass is 28.2. The predicted molar refractivity (Wildman–Crippen MR) is 211 cm³/mol. The highest BCUT2D eigenvalue weighted by Gasteiger charge is 2.38. The van der Waals surface area contributed by atoms with Gasteiger partial charge in [0.15, 0.2) is 0 Å². The van der Waals surface area contributed by atoms with Crippen LogP contribution in [0, 0.1) is 27.7 Å². The van der Waals surface area contributed by atoms with Crippen molar-refractivity contribution < 1.29 is 14.2 Å². The van der Waals surface area contributed by atoms with Gasteiger partial charge in [-0.15, -0.1) is 0 Å². The topological polar surface area (TPSA) is 27.7 Å². The minimum atomic E-state index is -0.567. The monoisotopic (exact) mass is 678 g/mol. The van der Waals surface area contributed by atoms with Gasteiger partial charge in [0, 0.05) is 31.6 Å². The van der Waals surface area contributed by atoms with Gasteiger partial charge in [-0.2, -0.15) is 0 Å². The highest BCUT2D eigenvalue weighted by molar-refractivity contribution is 6.18. The Balaban J connectivity index is 1.53. The minimum absolute atomic E-state index is 0.567. The molecule has 0 amide bonds. The molecule has 0 saturated heterocycles. The lowest BCUT2D eigenvalue weighted by Gasteiger charge is -2.40. The lowest BCUT2D eigenvalue weighted by atomic mass is 9.89. The summed E-state index contributed by atoms with van der Waals surface area (Å²) in [6.45, 7) is 13.2. The van der Waals surface area contributed by atoms with Crippen LogP contribution in [0.3, 0.4) is 0 Å². The van der Waals surface area contributed by atoms with E-state index in [4.69, 9.17) is 14.2 Å². The van der Waals surface area contributed by atoms with E-state index >= 15 is 0 Å². The van der Waals surface area contributed by atoms with Crippen molar-refractivity contribution in [2.24, 2.45) is 0 Å². The van der Waals surface area contributed by atoms with Crippen molar-refractivity contribution in [2.75, 3.05) is 0 Å². The van der Waals surface area contributed by atoms with Crippen LogP contribution in [0.2, 0.25) is 0 Å². The molecule has 0 radical (unpaired) electrons. The van der Waals surface area contributed by atoms with Crippen LogP contribution in [-0.2, 0) is 15.2 Å². The van der Waals surface area contributed by atoms with Gasteiger partial charge in [0.1, 0.15) is 23.0 Å². The quantitative estimate of drug-likeness (QED) is 0.135. The molecule has 248 valence electrons.